The highest BCUT2D eigenvalue weighted by Gasteiger charge is 2.07. The lowest BCUT2D eigenvalue weighted by Gasteiger charge is -2.07. The lowest BCUT2D eigenvalue weighted by molar-refractivity contribution is 0.482. The lowest BCUT2D eigenvalue weighted by atomic mass is 10.0. The van der Waals surface area contributed by atoms with Crippen molar-refractivity contribution in [2.45, 2.75) is 46.1 Å². The van der Waals surface area contributed by atoms with Gasteiger partial charge < -0.3 is 0 Å². The highest BCUT2D eigenvalue weighted by atomic mass is 15.3. The first-order valence-corrected chi connectivity index (χ1v) is 6.10. The second-order valence-corrected chi connectivity index (χ2v) is 4.84. The molecule has 0 bridgehead atoms. The maximum atomic E-state index is 4.64. The van der Waals surface area contributed by atoms with E-state index in [1.54, 1.807) is 0 Å². The van der Waals surface area contributed by atoms with Crippen molar-refractivity contribution >= 4 is 10.9 Å². The molecular weight excluding hydrogens is 196 g/mol. The third kappa shape index (κ3) is 1.97. The van der Waals surface area contributed by atoms with Gasteiger partial charge in [-0.05, 0) is 30.9 Å². The first-order chi connectivity index (χ1) is 7.61. The molecule has 0 fully saturated rings. The number of hydrogen-bond acceptors (Lipinski definition) is 1. The number of fused-ring (bicyclic) bond motifs is 1. The highest BCUT2D eigenvalue weighted by molar-refractivity contribution is 5.78. The van der Waals surface area contributed by atoms with Crippen molar-refractivity contribution < 1.29 is 0 Å². The van der Waals surface area contributed by atoms with E-state index >= 15 is 0 Å². The zero-order valence-electron chi connectivity index (χ0n) is 10.6. The molecule has 0 aliphatic rings. The van der Waals surface area contributed by atoms with E-state index in [1.165, 1.54) is 10.9 Å². The van der Waals surface area contributed by atoms with Gasteiger partial charge in [-0.15, -0.1) is 0 Å². The van der Waals surface area contributed by atoms with Crippen molar-refractivity contribution in [2.75, 3.05) is 0 Å². The molecule has 0 radical (unpaired) electrons. The Morgan fingerprint density at radius 1 is 1.25 bits per heavy atom. The van der Waals surface area contributed by atoms with Gasteiger partial charge in [-0.3, -0.25) is 4.68 Å². The molecule has 0 saturated carbocycles. The number of hydrogen-bond donors (Lipinski definition) is 0. The Labute approximate surface area is 97.3 Å². The minimum Gasteiger partial charge on any atom is -0.269 e. The summed E-state index contributed by atoms with van der Waals surface area (Å²) in [7, 11) is 0. The molecular formula is C14H20N2. The molecule has 0 N–H and O–H groups in total. The minimum absolute atomic E-state index is 0.481. The smallest absolute Gasteiger partial charge is 0.0926 e. The fourth-order valence-corrected chi connectivity index (χ4v) is 1.82. The average molecular weight is 216 g/mol. The van der Waals surface area contributed by atoms with Crippen LogP contribution < -0.4 is 0 Å². The molecule has 16 heavy (non-hydrogen) atoms. The Morgan fingerprint density at radius 3 is 2.62 bits per heavy atom. The summed E-state index contributed by atoms with van der Waals surface area (Å²) in [5.41, 5.74) is 2.48. The quantitative estimate of drug-likeness (QED) is 0.754. The molecule has 2 rings (SSSR count). The van der Waals surface area contributed by atoms with Gasteiger partial charge in [-0.1, -0.05) is 32.9 Å². The van der Waals surface area contributed by atoms with E-state index in [0.717, 1.165) is 11.9 Å². The topological polar surface area (TPSA) is 17.8 Å². The summed E-state index contributed by atoms with van der Waals surface area (Å²) in [6, 6.07) is 7.07. The molecule has 1 aromatic heterocycles. The fourth-order valence-electron chi connectivity index (χ4n) is 1.82. The van der Waals surface area contributed by atoms with Crippen LogP contribution in [0.25, 0.3) is 10.9 Å². The summed E-state index contributed by atoms with van der Waals surface area (Å²) >= 11 is 0. The van der Waals surface area contributed by atoms with Crippen molar-refractivity contribution in [1.82, 2.24) is 9.78 Å². The molecule has 0 spiro atoms. The first-order valence-electron chi connectivity index (χ1n) is 6.10. The Hall–Kier alpha value is -1.31. The second kappa shape index (κ2) is 4.28. The van der Waals surface area contributed by atoms with Gasteiger partial charge in [-0.25, -0.2) is 0 Å². The maximum absolute atomic E-state index is 4.64. The van der Waals surface area contributed by atoms with Gasteiger partial charge in [0.05, 0.1) is 5.52 Å². The van der Waals surface area contributed by atoms with Crippen LogP contribution in [0, 0.1) is 0 Å². The largest absolute Gasteiger partial charge is 0.269 e. The van der Waals surface area contributed by atoms with Crippen LogP contribution in [0.2, 0.25) is 0 Å². The number of aromatic nitrogens is 2. The average Bonchev–Trinajstić information content (AvgIpc) is 2.70. The molecule has 1 heterocycles. The fraction of sp³-hybridized carbons (Fsp3) is 0.500. The Kier molecular flexibility index (Phi) is 2.99. The summed E-state index contributed by atoms with van der Waals surface area (Å²) < 4.78 is 2.08. The van der Waals surface area contributed by atoms with Crippen LogP contribution in [0.1, 0.15) is 51.6 Å². The normalized spacial score (nSPS) is 13.6. The molecule has 1 unspecified atom stereocenters. The zero-order valence-corrected chi connectivity index (χ0v) is 10.6. The summed E-state index contributed by atoms with van der Waals surface area (Å²) in [4.78, 5) is 0. The van der Waals surface area contributed by atoms with Gasteiger partial charge in [0.15, 0.2) is 0 Å². The Bertz CT molecular complexity index is 482. The number of nitrogens with zero attached hydrogens (tertiary/aromatic N) is 2. The Balaban J connectivity index is 2.46. The molecule has 2 nitrogen and oxygen atoms in total. The molecule has 0 saturated heterocycles. The second-order valence-electron chi connectivity index (χ2n) is 4.84. The molecule has 1 atom stereocenters. The van der Waals surface area contributed by atoms with Gasteiger partial charge in [0.25, 0.3) is 0 Å². The van der Waals surface area contributed by atoms with Crippen LogP contribution in [-0.4, -0.2) is 9.78 Å². The van der Waals surface area contributed by atoms with Crippen molar-refractivity contribution in [3.63, 3.8) is 0 Å². The Morgan fingerprint density at radius 2 is 2.00 bits per heavy atom. The van der Waals surface area contributed by atoms with Crippen molar-refractivity contribution in [2.24, 2.45) is 0 Å². The molecule has 1 aromatic carbocycles. The van der Waals surface area contributed by atoms with Crippen LogP contribution in [0.5, 0.6) is 0 Å². The van der Waals surface area contributed by atoms with Gasteiger partial charge in [0.2, 0.25) is 0 Å². The molecule has 0 amide bonds. The molecule has 2 aromatic rings. The summed E-state index contributed by atoms with van der Waals surface area (Å²) in [5, 5.41) is 5.88. The van der Waals surface area contributed by atoms with Crippen LogP contribution in [0.15, 0.2) is 24.4 Å². The van der Waals surface area contributed by atoms with Crippen LogP contribution in [0.4, 0.5) is 0 Å². The predicted octanol–water partition coefficient (Wildman–Crippen LogP) is 4.13. The number of rotatable bonds is 3. The molecule has 86 valence electrons. The van der Waals surface area contributed by atoms with E-state index in [0.29, 0.717) is 12.0 Å². The van der Waals surface area contributed by atoms with Gasteiger partial charge in [-0.2, -0.15) is 5.10 Å². The minimum atomic E-state index is 0.481. The third-order valence-corrected chi connectivity index (χ3v) is 3.26. The third-order valence-electron chi connectivity index (χ3n) is 3.26. The van der Waals surface area contributed by atoms with E-state index in [4.69, 9.17) is 0 Å². The predicted molar refractivity (Wildman–Crippen MR) is 68.8 cm³/mol. The maximum Gasteiger partial charge on any atom is 0.0926 e. The summed E-state index contributed by atoms with van der Waals surface area (Å²) in [6.45, 7) is 8.82. The van der Waals surface area contributed by atoms with Crippen molar-refractivity contribution in [3.05, 3.63) is 30.0 Å². The van der Waals surface area contributed by atoms with E-state index in [1.807, 2.05) is 0 Å². The van der Waals surface area contributed by atoms with Gasteiger partial charge in [0, 0.05) is 17.6 Å². The lowest BCUT2D eigenvalue weighted by Crippen LogP contribution is -2.03. The SMILES string of the molecule is CCC(C)n1cc2ccc(C(C)C)cc2n1. The zero-order chi connectivity index (χ0) is 11.7. The molecule has 0 aliphatic heterocycles. The highest BCUT2D eigenvalue weighted by Crippen LogP contribution is 2.22. The van der Waals surface area contributed by atoms with Gasteiger partial charge >= 0.3 is 0 Å². The summed E-state index contributed by atoms with van der Waals surface area (Å²) in [6.07, 6.45) is 3.26. The van der Waals surface area contributed by atoms with Crippen molar-refractivity contribution in [1.29, 1.82) is 0 Å². The van der Waals surface area contributed by atoms with Crippen molar-refractivity contribution in [3.8, 4) is 0 Å². The van der Waals surface area contributed by atoms with Gasteiger partial charge in [0.1, 0.15) is 0 Å². The summed E-state index contributed by atoms with van der Waals surface area (Å²) in [5.74, 6) is 0.568. The van der Waals surface area contributed by atoms with Crippen LogP contribution >= 0.6 is 0 Å². The van der Waals surface area contributed by atoms with E-state index < -0.39 is 0 Å². The van der Waals surface area contributed by atoms with E-state index in [9.17, 15) is 0 Å². The molecule has 0 aliphatic carbocycles. The standard InChI is InChI=1S/C14H20N2/c1-5-11(4)16-9-13-7-6-12(10(2)3)8-14(13)15-16/h6-11H,5H2,1-4H3. The van der Waals surface area contributed by atoms with Crippen LogP contribution in [-0.2, 0) is 0 Å². The first kappa shape index (κ1) is 11.2. The monoisotopic (exact) mass is 216 g/mol. The van der Waals surface area contributed by atoms with Crippen LogP contribution in [0.3, 0.4) is 0 Å². The number of benzene rings is 1. The van der Waals surface area contributed by atoms with E-state index in [2.05, 4.69) is 61.9 Å². The van der Waals surface area contributed by atoms with E-state index in [-0.39, 0.29) is 0 Å². The molecule has 2 heteroatoms.